The second-order valence-corrected chi connectivity index (χ2v) is 6.89. The summed E-state index contributed by atoms with van der Waals surface area (Å²) in [7, 11) is -3.64. The molecule has 0 bridgehead atoms. The molecule has 2 aromatic rings. The minimum Gasteiger partial charge on any atom is -0.248 e. The first-order valence-corrected chi connectivity index (χ1v) is 8.10. The number of hydrogen-bond acceptors (Lipinski definition) is 6. The highest BCUT2D eigenvalue weighted by Crippen LogP contribution is 2.14. The fourth-order valence-corrected chi connectivity index (χ4v) is 3.14. The normalized spacial score (nSPS) is 11.7. The van der Waals surface area contributed by atoms with Gasteiger partial charge < -0.3 is 0 Å². The van der Waals surface area contributed by atoms with Crippen LogP contribution in [0.3, 0.4) is 0 Å². The van der Waals surface area contributed by atoms with Crippen molar-refractivity contribution in [3.05, 3.63) is 33.8 Å². The van der Waals surface area contributed by atoms with Crippen molar-refractivity contribution in [2.24, 2.45) is 0 Å². The highest BCUT2D eigenvalue weighted by atomic mass is 35.5. The molecule has 6 nitrogen and oxygen atoms in total. The number of nitrogens with one attached hydrogen (secondary N) is 1. The zero-order chi connectivity index (χ0) is 13.9. The zero-order valence-corrected chi connectivity index (χ0v) is 12.4. The highest BCUT2D eigenvalue weighted by Gasteiger charge is 2.15. The van der Waals surface area contributed by atoms with E-state index in [0.717, 1.165) is 28.7 Å². The van der Waals surface area contributed by atoms with Crippen LogP contribution in [-0.4, -0.2) is 23.4 Å². The molecule has 0 aromatic carbocycles. The lowest BCUT2D eigenvalue weighted by Gasteiger charge is -2.04. The molecule has 9 heteroatoms. The van der Waals surface area contributed by atoms with E-state index in [0.29, 0.717) is 0 Å². The number of aryl methyl sites for hydroxylation is 1. The van der Waals surface area contributed by atoms with Crippen LogP contribution in [0, 0.1) is 0 Å². The van der Waals surface area contributed by atoms with Crippen molar-refractivity contribution in [1.82, 2.24) is 19.7 Å². The molecule has 0 aliphatic rings. The molecule has 0 saturated carbocycles. The minimum absolute atomic E-state index is 0.00598. The van der Waals surface area contributed by atoms with Crippen molar-refractivity contribution in [1.29, 1.82) is 0 Å². The summed E-state index contributed by atoms with van der Waals surface area (Å²) in [4.78, 5) is 12.5. The van der Waals surface area contributed by atoms with Gasteiger partial charge in [-0.1, -0.05) is 6.92 Å². The van der Waals surface area contributed by atoms with Crippen LogP contribution in [0.1, 0.15) is 16.8 Å². The van der Waals surface area contributed by atoms with Gasteiger partial charge in [0, 0.05) is 11.1 Å². The number of nitrogens with zero attached hydrogens (tertiary/aromatic N) is 3. The second kappa shape index (κ2) is 5.91. The van der Waals surface area contributed by atoms with E-state index in [9.17, 15) is 8.42 Å². The van der Waals surface area contributed by atoms with Gasteiger partial charge in [-0.2, -0.15) is 0 Å². The van der Waals surface area contributed by atoms with E-state index in [4.69, 9.17) is 11.6 Å². The van der Waals surface area contributed by atoms with Crippen LogP contribution in [0.15, 0.2) is 23.5 Å². The van der Waals surface area contributed by atoms with Gasteiger partial charge in [-0.3, -0.25) is 0 Å². The van der Waals surface area contributed by atoms with Crippen molar-refractivity contribution in [2.45, 2.75) is 24.8 Å². The Morgan fingerprint density at radius 2 is 1.95 bits per heavy atom. The molecule has 0 amide bonds. The molecule has 2 rings (SSSR count). The van der Waals surface area contributed by atoms with Crippen LogP contribution >= 0.6 is 22.9 Å². The molecule has 0 fully saturated rings. The number of rotatable bonds is 5. The van der Waals surface area contributed by atoms with Crippen LogP contribution in [-0.2, 0) is 23.0 Å². The Morgan fingerprint density at radius 3 is 2.53 bits per heavy atom. The number of halogens is 1. The number of thiazole rings is 1. The third-order valence-corrected chi connectivity index (χ3v) is 4.96. The Kier molecular flexibility index (Phi) is 4.46. The van der Waals surface area contributed by atoms with Crippen molar-refractivity contribution in [3.63, 3.8) is 0 Å². The van der Waals surface area contributed by atoms with E-state index in [1.807, 2.05) is 6.92 Å². The van der Waals surface area contributed by atoms with E-state index >= 15 is 0 Å². The summed E-state index contributed by atoms with van der Waals surface area (Å²) >= 11 is 6.99. The maximum atomic E-state index is 11.9. The third-order valence-electron chi connectivity index (χ3n) is 2.27. The maximum Gasteiger partial charge on any atom is 0.244 e. The lowest BCUT2D eigenvalue weighted by Crippen LogP contribution is -2.23. The van der Waals surface area contributed by atoms with Crippen LogP contribution in [0.2, 0.25) is 5.28 Å². The molecule has 0 radical (unpaired) electrons. The van der Waals surface area contributed by atoms with Crippen LogP contribution in [0.4, 0.5) is 0 Å². The predicted octanol–water partition coefficient (Wildman–Crippen LogP) is 1.63. The maximum absolute atomic E-state index is 11.9. The lowest BCUT2D eigenvalue weighted by molar-refractivity contribution is 0.580. The lowest BCUT2D eigenvalue weighted by atomic mass is 10.4. The van der Waals surface area contributed by atoms with Gasteiger partial charge in [0.25, 0.3) is 0 Å². The Morgan fingerprint density at radius 1 is 1.26 bits per heavy atom. The average Bonchev–Trinajstić information content (AvgIpc) is 2.85. The van der Waals surface area contributed by atoms with Gasteiger partial charge in [0.1, 0.15) is 9.90 Å². The Balaban J connectivity index is 2.07. The first-order valence-electron chi connectivity index (χ1n) is 5.42. The SMILES string of the molecule is CCc1cnc(CNS(=O)(=O)c2cnc(Cl)nc2)s1. The summed E-state index contributed by atoms with van der Waals surface area (Å²) < 4.78 is 26.3. The number of aromatic nitrogens is 3. The minimum atomic E-state index is -3.64. The summed E-state index contributed by atoms with van der Waals surface area (Å²) in [6.45, 7) is 2.17. The topological polar surface area (TPSA) is 84.8 Å². The van der Waals surface area contributed by atoms with Gasteiger partial charge in [-0.15, -0.1) is 11.3 Å². The van der Waals surface area contributed by atoms with Crippen LogP contribution < -0.4 is 4.72 Å². The molecule has 102 valence electrons. The van der Waals surface area contributed by atoms with Crippen LogP contribution in [0.25, 0.3) is 0 Å². The molecular weight excluding hydrogens is 308 g/mol. The van der Waals surface area contributed by atoms with Gasteiger partial charge >= 0.3 is 0 Å². The monoisotopic (exact) mass is 318 g/mol. The largest absolute Gasteiger partial charge is 0.248 e. The van der Waals surface area contributed by atoms with Gasteiger partial charge in [0.05, 0.1) is 18.9 Å². The molecule has 2 aromatic heterocycles. The standard InChI is InChI=1S/C10H11ClN4O2S2/c1-2-7-3-12-9(18-7)6-15-19(16,17)8-4-13-10(11)14-5-8/h3-5,15H,2,6H2,1H3. The molecule has 0 aliphatic heterocycles. The first kappa shape index (κ1) is 14.3. The Hall–Kier alpha value is -1.09. The molecule has 0 atom stereocenters. The van der Waals surface area contributed by atoms with Crippen molar-refractivity contribution in [2.75, 3.05) is 0 Å². The van der Waals surface area contributed by atoms with E-state index in [1.54, 1.807) is 6.20 Å². The number of hydrogen-bond donors (Lipinski definition) is 1. The van der Waals surface area contributed by atoms with Gasteiger partial charge in [0.15, 0.2) is 0 Å². The van der Waals surface area contributed by atoms with Gasteiger partial charge in [0.2, 0.25) is 15.3 Å². The zero-order valence-electron chi connectivity index (χ0n) is 10.00. The Bertz CT molecular complexity index is 654. The average molecular weight is 319 g/mol. The molecule has 19 heavy (non-hydrogen) atoms. The molecule has 0 saturated heterocycles. The summed E-state index contributed by atoms with van der Waals surface area (Å²) in [5, 5.41) is 0.724. The molecule has 0 aliphatic carbocycles. The highest BCUT2D eigenvalue weighted by molar-refractivity contribution is 7.89. The third kappa shape index (κ3) is 3.69. The smallest absolute Gasteiger partial charge is 0.244 e. The second-order valence-electron chi connectivity index (χ2n) is 3.59. The van der Waals surface area contributed by atoms with Gasteiger partial charge in [-0.05, 0) is 18.0 Å². The van der Waals surface area contributed by atoms with Crippen molar-refractivity contribution in [3.8, 4) is 0 Å². The van der Waals surface area contributed by atoms with Crippen molar-refractivity contribution < 1.29 is 8.42 Å². The van der Waals surface area contributed by atoms with Gasteiger partial charge in [-0.25, -0.2) is 28.1 Å². The quantitative estimate of drug-likeness (QED) is 0.847. The molecule has 0 spiro atoms. The molecule has 2 heterocycles. The van der Waals surface area contributed by atoms with E-state index in [-0.39, 0.29) is 16.7 Å². The van der Waals surface area contributed by atoms with Crippen LogP contribution in [0.5, 0.6) is 0 Å². The summed E-state index contributed by atoms with van der Waals surface area (Å²) in [5.41, 5.74) is 0. The Labute approximate surface area is 119 Å². The summed E-state index contributed by atoms with van der Waals surface area (Å²) in [5.74, 6) is 0. The predicted molar refractivity (Wildman–Crippen MR) is 72.6 cm³/mol. The summed E-state index contributed by atoms with van der Waals surface area (Å²) in [6, 6.07) is 0. The van der Waals surface area contributed by atoms with E-state index < -0.39 is 10.0 Å². The molecule has 0 unspecified atom stereocenters. The fourth-order valence-electron chi connectivity index (χ4n) is 1.27. The summed E-state index contributed by atoms with van der Waals surface area (Å²) in [6.07, 6.45) is 4.96. The molecular formula is C10H11ClN4O2S2. The fraction of sp³-hybridized carbons (Fsp3) is 0.300. The first-order chi connectivity index (χ1) is 9.01. The molecule has 1 N–H and O–H groups in total. The van der Waals surface area contributed by atoms with E-state index in [2.05, 4.69) is 19.7 Å². The van der Waals surface area contributed by atoms with Crippen molar-refractivity contribution >= 4 is 33.0 Å². The number of sulfonamides is 1. The van der Waals surface area contributed by atoms with E-state index in [1.165, 1.54) is 11.3 Å².